The zero-order valence-electron chi connectivity index (χ0n) is 7.71. The largest absolute Gasteiger partial charge is 0.296 e. The van der Waals surface area contributed by atoms with Gasteiger partial charge >= 0.3 is 0 Å². The van der Waals surface area contributed by atoms with Gasteiger partial charge in [0, 0.05) is 19.6 Å². The third-order valence-corrected chi connectivity index (χ3v) is 1.40. The van der Waals surface area contributed by atoms with E-state index < -0.39 is 0 Å². The van der Waals surface area contributed by atoms with E-state index in [0.29, 0.717) is 0 Å². The number of nitrogens with zero attached hydrogens (tertiary/aromatic N) is 1. The lowest BCUT2D eigenvalue weighted by Crippen LogP contribution is -2.27. The molecule has 11 heavy (non-hydrogen) atoms. The van der Waals surface area contributed by atoms with E-state index in [4.69, 9.17) is 0 Å². The molecule has 0 radical (unpaired) electrons. The van der Waals surface area contributed by atoms with E-state index in [1.165, 1.54) is 0 Å². The van der Waals surface area contributed by atoms with Crippen molar-refractivity contribution in [3.8, 4) is 0 Å². The Kier molecular flexibility index (Phi) is 5.86. The molecule has 0 fully saturated rings. The summed E-state index contributed by atoms with van der Waals surface area (Å²) in [6.07, 6.45) is 3.87. The molecule has 0 N–H and O–H groups in total. The topological polar surface area (TPSA) is 3.24 Å². The molecule has 0 amide bonds. The van der Waals surface area contributed by atoms with Crippen molar-refractivity contribution in [2.45, 2.75) is 13.8 Å². The Morgan fingerprint density at radius 1 is 1.18 bits per heavy atom. The second-order valence-corrected chi connectivity index (χ2v) is 3.19. The van der Waals surface area contributed by atoms with Crippen LogP contribution in [0.2, 0.25) is 0 Å². The average molecular weight is 153 g/mol. The van der Waals surface area contributed by atoms with Gasteiger partial charge in [0.1, 0.15) is 0 Å². The summed E-state index contributed by atoms with van der Waals surface area (Å²) in [6.45, 7) is 14.9. The Balaban J connectivity index is 3.67. The molecule has 0 aliphatic carbocycles. The summed E-state index contributed by atoms with van der Waals surface area (Å²) in [7, 11) is 0. The molecular formula is C10H19N. The van der Waals surface area contributed by atoms with Crippen LogP contribution in [0.15, 0.2) is 25.3 Å². The summed E-state index contributed by atoms with van der Waals surface area (Å²) in [6, 6.07) is 0. The minimum absolute atomic E-state index is 0.717. The van der Waals surface area contributed by atoms with E-state index in [9.17, 15) is 0 Å². The number of rotatable bonds is 6. The van der Waals surface area contributed by atoms with Crippen LogP contribution in [0.4, 0.5) is 0 Å². The number of hydrogen-bond donors (Lipinski definition) is 0. The molecule has 1 heteroatoms. The normalized spacial score (nSPS) is 10.5. The standard InChI is InChI=1S/C10H19N/c1-5-7-11(8-6-2)9-10(3)4/h5-6,10H,1-2,7-9H2,3-4H3. The summed E-state index contributed by atoms with van der Waals surface area (Å²) in [5.41, 5.74) is 0. The minimum atomic E-state index is 0.717. The lowest BCUT2D eigenvalue weighted by molar-refractivity contribution is 0.295. The van der Waals surface area contributed by atoms with Gasteiger partial charge in [-0.3, -0.25) is 4.90 Å². The highest BCUT2D eigenvalue weighted by Gasteiger charge is 2.01. The van der Waals surface area contributed by atoms with Crippen LogP contribution in [-0.4, -0.2) is 24.5 Å². The highest BCUT2D eigenvalue weighted by molar-refractivity contribution is 4.79. The molecule has 0 unspecified atom stereocenters. The summed E-state index contributed by atoms with van der Waals surface area (Å²) in [5.74, 6) is 0.717. The van der Waals surface area contributed by atoms with E-state index in [-0.39, 0.29) is 0 Å². The van der Waals surface area contributed by atoms with Gasteiger partial charge in [0.15, 0.2) is 0 Å². The molecule has 0 aromatic heterocycles. The van der Waals surface area contributed by atoms with E-state index >= 15 is 0 Å². The van der Waals surface area contributed by atoms with Gasteiger partial charge in [0.05, 0.1) is 0 Å². The van der Waals surface area contributed by atoms with Gasteiger partial charge in [-0.25, -0.2) is 0 Å². The Bertz CT molecular complexity index is 106. The fourth-order valence-electron chi connectivity index (χ4n) is 1.11. The van der Waals surface area contributed by atoms with Crippen molar-refractivity contribution in [2.24, 2.45) is 5.92 Å². The Hall–Kier alpha value is -0.560. The van der Waals surface area contributed by atoms with Crippen LogP contribution < -0.4 is 0 Å². The molecule has 0 saturated heterocycles. The van der Waals surface area contributed by atoms with Gasteiger partial charge in [-0.2, -0.15) is 0 Å². The maximum Gasteiger partial charge on any atom is 0.0164 e. The summed E-state index contributed by atoms with van der Waals surface area (Å²) in [4.78, 5) is 2.32. The van der Waals surface area contributed by atoms with Crippen molar-refractivity contribution in [3.05, 3.63) is 25.3 Å². The van der Waals surface area contributed by atoms with Gasteiger partial charge in [-0.05, 0) is 5.92 Å². The van der Waals surface area contributed by atoms with Crippen LogP contribution in [0.25, 0.3) is 0 Å². The molecule has 0 rings (SSSR count). The van der Waals surface area contributed by atoms with Gasteiger partial charge < -0.3 is 0 Å². The first-order chi connectivity index (χ1) is 5.20. The van der Waals surface area contributed by atoms with E-state index in [2.05, 4.69) is 31.9 Å². The first-order valence-corrected chi connectivity index (χ1v) is 4.14. The first kappa shape index (κ1) is 10.4. The van der Waals surface area contributed by atoms with Crippen molar-refractivity contribution in [1.82, 2.24) is 4.90 Å². The zero-order valence-corrected chi connectivity index (χ0v) is 7.71. The first-order valence-electron chi connectivity index (χ1n) is 4.14. The second kappa shape index (κ2) is 6.17. The van der Waals surface area contributed by atoms with Gasteiger partial charge in [-0.15, -0.1) is 13.2 Å². The molecular weight excluding hydrogens is 134 g/mol. The van der Waals surface area contributed by atoms with Crippen LogP contribution >= 0.6 is 0 Å². The molecule has 0 aromatic rings. The fourth-order valence-corrected chi connectivity index (χ4v) is 1.11. The summed E-state index contributed by atoms with van der Waals surface area (Å²) in [5, 5.41) is 0. The van der Waals surface area contributed by atoms with Crippen LogP contribution in [0, 0.1) is 5.92 Å². The van der Waals surface area contributed by atoms with Crippen molar-refractivity contribution < 1.29 is 0 Å². The van der Waals surface area contributed by atoms with Crippen LogP contribution in [0.1, 0.15) is 13.8 Å². The molecule has 0 aromatic carbocycles. The van der Waals surface area contributed by atoms with E-state index in [1.807, 2.05) is 12.2 Å². The molecule has 0 aliphatic rings. The summed E-state index contributed by atoms with van der Waals surface area (Å²) >= 11 is 0. The molecule has 0 bridgehead atoms. The molecule has 0 saturated carbocycles. The van der Waals surface area contributed by atoms with Crippen molar-refractivity contribution in [1.29, 1.82) is 0 Å². The van der Waals surface area contributed by atoms with E-state index in [1.54, 1.807) is 0 Å². The highest BCUT2D eigenvalue weighted by atomic mass is 15.1. The van der Waals surface area contributed by atoms with Crippen LogP contribution in [0.5, 0.6) is 0 Å². The lowest BCUT2D eigenvalue weighted by atomic mass is 10.2. The maximum absolute atomic E-state index is 3.71. The predicted molar refractivity (Wildman–Crippen MR) is 51.7 cm³/mol. The van der Waals surface area contributed by atoms with Gasteiger partial charge in [0.25, 0.3) is 0 Å². The molecule has 0 heterocycles. The van der Waals surface area contributed by atoms with Crippen molar-refractivity contribution in [2.75, 3.05) is 19.6 Å². The molecule has 1 nitrogen and oxygen atoms in total. The van der Waals surface area contributed by atoms with Gasteiger partial charge in [0.2, 0.25) is 0 Å². The SMILES string of the molecule is C=CCN(CC=C)CC(C)C. The quantitative estimate of drug-likeness (QED) is 0.529. The van der Waals surface area contributed by atoms with Gasteiger partial charge in [-0.1, -0.05) is 26.0 Å². The Labute approximate surface area is 70.4 Å². The smallest absolute Gasteiger partial charge is 0.0164 e. The Morgan fingerprint density at radius 3 is 1.91 bits per heavy atom. The highest BCUT2D eigenvalue weighted by Crippen LogP contribution is 1.97. The average Bonchev–Trinajstić information content (AvgIpc) is 1.87. The molecule has 0 atom stereocenters. The number of hydrogen-bond acceptors (Lipinski definition) is 1. The van der Waals surface area contributed by atoms with Crippen molar-refractivity contribution in [3.63, 3.8) is 0 Å². The van der Waals surface area contributed by atoms with Crippen molar-refractivity contribution >= 4 is 0 Å². The predicted octanol–water partition coefficient (Wildman–Crippen LogP) is 2.32. The third kappa shape index (κ3) is 5.86. The second-order valence-electron chi connectivity index (χ2n) is 3.19. The van der Waals surface area contributed by atoms with E-state index in [0.717, 1.165) is 25.6 Å². The van der Waals surface area contributed by atoms with Crippen LogP contribution in [0.3, 0.4) is 0 Å². The maximum atomic E-state index is 3.71. The Morgan fingerprint density at radius 2 is 1.64 bits per heavy atom. The minimum Gasteiger partial charge on any atom is -0.296 e. The fraction of sp³-hybridized carbons (Fsp3) is 0.600. The third-order valence-electron chi connectivity index (χ3n) is 1.40. The molecule has 64 valence electrons. The molecule has 0 aliphatic heterocycles. The zero-order chi connectivity index (χ0) is 8.69. The molecule has 0 spiro atoms. The van der Waals surface area contributed by atoms with Crippen LogP contribution in [-0.2, 0) is 0 Å². The summed E-state index contributed by atoms with van der Waals surface area (Å²) < 4.78 is 0. The lowest BCUT2D eigenvalue weighted by Gasteiger charge is -2.20. The monoisotopic (exact) mass is 153 g/mol.